The minimum absolute atomic E-state index is 0.0491. The van der Waals surface area contributed by atoms with E-state index in [-0.39, 0.29) is 11.9 Å². The maximum atomic E-state index is 13.0. The molecule has 1 aromatic carbocycles. The third-order valence-electron chi connectivity index (χ3n) is 4.83. The lowest BCUT2D eigenvalue weighted by atomic mass is 10.0. The molecule has 122 valence electrons. The summed E-state index contributed by atoms with van der Waals surface area (Å²) in [7, 11) is 0. The predicted molar refractivity (Wildman–Crippen MR) is 92.8 cm³/mol. The molecule has 1 fully saturated rings. The maximum Gasteiger partial charge on any atom is 0.255 e. The topological polar surface area (TPSA) is 61.9 Å². The Morgan fingerprint density at radius 3 is 2.83 bits per heavy atom. The zero-order valence-electron chi connectivity index (χ0n) is 13.9. The summed E-state index contributed by atoms with van der Waals surface area (Å²) in [5, 5.41) is 7.94. The molecular formula is C19H20N4O. The van der Waals surface area contributed by atoms with Gasteiger partial charge in [0.05, 0.1) is 17.3 Å². The summed E-state index contributed by atoms with van der Waals surface area (Å²) in [5.74, 6) is 0.0491. The fourth-order valence-electron chi connectivity index (χ4n) is 3.45. The van der Waals surface area contributed by atoms with Gasteiger partial charge in [-0.2, -0.15) is 5.10 Å². The van der Waals surface area contributed by atoms with Crippen molar-refractivity contribution in [3.63, 3.8) is 0 Å². The quantitative estimate of drug-likeness (QED) is 0.785. The Morgan fingerprint density at radius 2 is 2.04 bits per heavy atom. The fourth-order valence-corrected chi connectivity index (χ4v) is 3.45. The van der Waals surface area contributed by atoms with Gasteiger partial charge in [-0.05, 0) is 38.3 Å². The molecule has 0 aliphatic carbocycles. The van der Waals surface area contributed by atoms with Crippen molar-refractivity contribution in [1.82, 2.24) is 20.1 Å². The van der Waals surface area contributed by atoms with Crippen LogP contribution in [0.15, 0.2) is 36.5 Å². The van der Waals surface area contributed by atoms with Crippen LogP contribution in [0.2, 0.25) is 0 Å². The second-order valence-corrected chi connectivity index (χ2v) is 6.50. The number of H-pyrrole nitrogens is 1. The molecule has 0 unspecified atom stereocenters. The zero-order chi connectivity index (χ0) is 16.7. The summed E-state index contributed by atoms with van der Waals surface area (Å²) in [6.45, 7) is 4.79. The molecule has 5 nitrogen and oxygen atoms in total. The van der Waals surface area contributed by atoms with Crippen LogP contribution >= 0.6 is 0 Å². The van der Waals surface area contributed by atoms with Crippen LogP contribution in [-0.2, 0) is 0 Å². The third-order valence-corrected chi connectivity index (χ3v) is 4.83. The highest BCUT2D eigenvalue weighted by Gasteiger charge is 2.30. The second kappa shape index (κ2) is 5.74. The number of nitrogens with zero attached hydrogens (tertiary/aromatic N) is 3. The van der Waals surface area contributed by atoms with E-state index < -0.39 is 0 Å². The molecule has 24 heavy (non-hydrogen) atoms. The lowest BCUT2D eigenvalue weighted by Gasteiger charge is -2.25. The number of amides is 1. The molecule has 4 rings (SSSR count). The number of hydrogen-bond donors (Lipinski definition) is 1. The molecule has 3 heterocycles. The second-order valence-electron chi connectivity index (χ2n) is 6.50. The first-order chi connectivity index (χ1) is 11.6. The van der Waals surface area contributed by atoms with Crippen LogP contribution in [-0.4, -0.2) is 32.5 Å². The first-order valence-electron chi connectivity index (χ1n) is 8.32. The standard InChI is InChI=1S/C19H20N4O/c1-12-5-7-14(8-6-12)17-4-3-9-23(17)19(24)15-10-16-13(2)21-22-18(16)20-11-15/h5-8,10-11,17H,3-4,9H2,1-2H3,(H,20,21,22)/t17-/m1/s1. The lowest BCUT2D eigenvalue weighted by Crippen LogP contribution is -2.30. The number of aromatic nitrogens is 3. The van der Waals surface area contributed by atoms with E-state index in [1.165, 1.54) is 11.1 Å². The molecule has 1 amide bonds. The number of pyridine rings is 1. The average molecular weight is 320 g/mol. The van der Waals surface area contributed by atoms with Crippen LogP contribution in [0.1, 0.15) is 46.1 Å². The van der Waals surface area contributed by atoms with Crippen molar-refractivity contribution in [3.05, 3.63) is 58.9 Å². The highest BCUT2D eigenvalue weighted by molar-refractivity contribution is 5.97. The number of carbonyl (C=O) groups is 1. The van der Waals surface area contributed by atoms with Gasteiger partial charge in [0.15, 0.2) is 5.65 Å². The molecule has 2 aromatic heterocycles. The van der Waals surface area contributed by atoms with Crippen molar-refractivity contribution in [2.75, 3.05) is 6.54 Å². The van der Waals surface area contributed by atoms with Crippen molar-refractivity contribution < 1.29 is 4.79 Å². The number of hydrogen-bond acceptors (Lipinski definition) is 3. The summed E-state index contributed by atoms with van der Waals surface area (Å²) < 4.78 is 0. The van der Waals surface area contributed by atoms with Crippen molar-refractivity contribution in [3.8, 4) is 0 Å². The number of fused-ring (bicyclic) bond motifs is 1. The van der Waals surface area contributed by atoms with Crippen molar-refractivity contribution >= 4 is 16.9 Å². The molecular weight excluding hydrogens is 300 g/mol. The first kappa shape index (κ1) is 14.9. The Kier molecular flexibility index (Phi) is 3.56. The monoisotopic (exact) mass is 320 g/mol. The van der Waals surface area contributed by atoms with Gasteiger partial charge in [0.2, 0.25) is 0 Å². The third kappa shape index (κ3) is 2.46. The van der Waals surface area contributed by atoms with Gasteiger partial charge in [0.1, 0.15) is 0 Å². The molecule has 1 aliphatic heterocycles. The van der Waals surface area contributed by atoms with Crippen LogP contribution < -0.4 is 0 Å². The van der Waals surface area contributed by atoms with E-state index in [1.54, 1.807) is 6.20 Å². The Labute approximate surface area is 140 Å². The maximum absolute atomic E-state index is 13.0. The van der Waals surface area contributed by atoms with E-state index in [0.717, 1.165) is 36.1 Å². The van der Waals surface area contributed by atoms with E-state index in [1.807, 2.05) is 17.9 Å². The van der Waals surface area contributed by atoms with Crippen molar-refractivity contribution in [2.24, 2.45) is 0 Å². The van der Waals surface area contributed by atoms with Crippen molar-refractivity contribution in [1.29, 1.82) is 0 Å². The number of carbonyl (C=O) groups excluding carboxylic acids is 1. The lowest BCUT2D eigenvalue weighted by molar-refractivity contribution is 0.0735. The van der Waals surface area contributed by atoms with Gasteiger partial charge in [-0.3, -0.25) is 9.89 Å². The summed E-state index contributed by atoms with van der Waals surface area (Å²) >= 11 is 0. The number of benzene rings is 1. The van der Waals surface area contributed by atoms with Crippen molar-refractivity contribution in [2.45, 2.75) is 32.7 Å². The van der Waals surface area contributed by atoms with E-state index in [4.69, 9.17) is 0 Å². The number of likely N-dealkylation sites (tertiary alicyclic amines) is 1. The molecule has 0 saturated carbocycles. The molecule has 1 N–H and O–H groups in total. The largest absolute Gasteiger partial charge is 0.332 e. The van der Waals surface area contributed by atoms with E-state index in [2.05, 4.69) is 46.4 Å². The molecule has 0 bridgehead atoms. The SMILES string of the molecule is Cc1ccc([C@H]2CCCN2C(=O)c2cnc3[nH]nc(C)c3c2)cc1. The van der Waals surface area contributed by atoms with Crippen LogP contribution in [0, 0.1) is 13.8 Å². The van der Waals surface area contributed by atoms with Gasteiger partial charge in [0.25, 0.3) is 5.91 Å². The van der Waals surface area contributed by atoms with Gasteiger partial charge in [-0.15, -0.1) is 0 Å². The Bertz CT molecular complexity index is 897. The van der Waals surface area contributed by atoms with Crippen LogP contribution in [0.25, 0.3) is 11.0 Å². The minimum atomic E-state index is 0.0491. The summed E-state index contributed by atoms with van der Waals surface area (Å²) in [6, 6.07) is 10.5. The number of aromatic amines is 1. The van der Waals surface area contributed by atoms with Crippen LogP contribution in [0.4, 0.5) is 0 Å². The van der Waals surface area contributed by atoms with E-state index >= 15 is 0 Å². The van der Waals surface area contributed by atoms with E-state index in [0.29, 0.717) is 5.56 Å². The summed E-state index contributed by atoms with van der Waals surface area (Å²) in [4.78, 5) is 19.3. The smallest absolute Gasteiger partial charge is 0.255 e. The van der Waals surface area contributed by atoms with Gasteiger partial charge in [0, 0.05) is 18.1 Å². The Morgan fingerprint density at radius 1 is 1.25 bits per heavy atom. The van der Waals surface area contributed by atoms with E-state index in [9.17, 15) is 4.79 Å². The molecule has 0 spiro atoms. The van der Waals surface area contributed by atoms with Gasteiger partial charge in [-0.25, -0.2) is 4.98 Å². The van der Waals surface area contributed by atoms with Gasteiger partial charge in [-0.1, -0.05) is 29.8 Å². The number of aryl methyl sites for hydroxylation is 2. The predicted octanol–water partition coefficient (Wildman–Crippen LogP) is 3.55. The summed E-state index contributed by atoms with van der Waals surface area (Å²) in [6.07, 6.45) is 3.69. The fraction of sp³-hybridized carbons (Fsp3) is 0.316. The molecule has 1 atom stereocenters. The Hall–Kier alpha value is -2.69. The number of nitrogens with one attached hydrogen (secondary N) is 1. The molecule has 1 saturated heterocycles. The minimum Gasteiger partial charge on any atom is -0.332 e. The van der Waals surface area contributed by atoms with Crippen LogP contribution in [0.3, 0.4) is 0 Å². The normalized spacial score (nSPS) is 17.6. The molecule has 0 radical (unpaired) electrons. The highest BCUT2D eigenvalue weighted by atomic mass is 16.2. The zero-order valence-corrected chi connectivity index (χ0v) is 13.9. The number of rotatable bonds is 2. The molecule has 1 aliphatic rings. The summed E-state index contributed by atoms with van der Waals surface area (Å²) in [5.41, 5.74) is 4.66. The van der Waals surface area contributed by atoms with Crippen LogP contribution in [0.5, 0.6) is 0 Å². The highest BCUT2D eigenvalue weighted by Crippen LogP contribution is 2.33. The average Bonchev–Trinajstić information content (AvgIpc) is 3.22. The van der Waals surface area contributed by atoms with Gasteiger partial charge < -0.3 is 4.90 Å². The first-order valence-corrected chi connectivity index (χ1v) is 8.32. The Balaban J connectivity index is 1.66. The molecule has 3 aromatic rings. The molecule has 5 heteroatoms. The van der Waals surface area contributed by atoms with Gasteiger partial charge >= 0.3 is 0 Å².